The number of H-pyrrole nitrogens is 1. The summed E-state index contributed by atoms with van der Waals surface area (Å²) in [6, 6.07) is 16.3. The summed E-state index contributed by atoms with van der Waals surface area (Å²) < 4.78 is 6.15. The Bertz CT molecular complexity index is 2440. The van der Waals surface area contributed by atoms with Gasteiger partial charge < -0.3 is 46.7 Å². The van der Waals surface area contributed by atoms with Gasteiger partial charge in [0.2, 0.25) is 0 Å². The van der Waals surface area contributed by atoms with Gasteiger partial charge in [0.25, 0.3) is 0 Å². The number of aliphatic hydroxyl groups excluding tert-OH is 3. The van der Waals surface area contributed by atoms with Gasteiger partial charge in [-0.1, -0.05) is 96.4 Å². The molecule has 1 saturated carbocycles. The van der Waals surface area contributed by atoms with E-state index in [1.165, 1.54) is 0 Å². The molecule has 8 bridgehead atoms. The van der Waals surface area contributed by atoms with Crippen LogP contribution in [-0.2, 0) is 29.8 Å². The molecule has 6 unspecified atom stereocenters. The number of aromatic hydroxyl groups is 2. The molecular weight excluding hydrogens is 883 g/mol. The number of aromatic amines is 1. The van der Waals surface area contributed by atoms with Gasteiger partial charge in [-0.3, -0.25) is 9.59 Å². The monoisotopic (exact) mass is 949 g/mol. The lowest BCUT2D eigenvalue weighted by Crippen LogP contribution is -2.22. The maximum atomic E-state index is 14.2. The first-order valence-corrected chi connectivity index (χ1v) is 26.4. The number of ketones is 2. The molecule has 0 radical (unpaired) electrons. The van der Waals surface area contributed by atoms with Gasteiger partial charge in [-0.25, -0.2) is 0 Å². The molecule has 4 aromatic rings. The number of Topliss-reactive ketones (excluding diaryl/α,β-unsaturated/α-hetero) is 1. The van der Waals surface area contributed by atoms with E-state index in [0.717, 1.165) is 72.0 Å². The molecule has 1 aliphatic heterocycles. The zero-order valence-corrected chi connectivity index (χ0v) is 40.2. The molecule has 0 amide bonds. The molecule has 3 aromatic carbocycles. The standard InChI is InChI=1S/C54H67N3O8S2/c1-2-3-4-6-34(23-41(60)31-58)15-19-54-20-16-40(59)12-9-35-11-14-49(62)52(25-35)65-22-18-36-10-13-48(61)46(24-36)45-28-50(63)42-17-21-57-47(42)8-5-7-37-26-44(53(55)56)38(27-43(37)45)32-66-67-33-39(29-54)51(64)30-54/h10-11,13-14,16-17,20-21,24-27,34,39,41,45,51,53,57-58,60-62,64H,2-4,6,8-9,12,15,18-19,22-23,28-33,55-56H2,1H3. The van der Waals surface area contributed by atoms with Gasteiger partial charge in [-0.15, -0.1) is 0 Å². The number of aromatic nitrogens is 1. The predicted octanol–water partition coefficient (Wildman–Crippen LogP) is 8.71. The van der Waals surface area contributed by atoms with E-state index in [2.05, 4.69) is 23.7 Å². The third-order valence-electron chi connectivity index (χ3n) is 14.0. The Kier molecular flexibility index (Phi) is 17.8. The van der Waals surface area contributed by atoms with Gasteiger partial charge in [0.05, 0.1) is 38.0 Å². The molecule has 11 nitrogen and oxygen atoms in total. The first kappa shape index (κ1) is 50.4. The topological polar surface area (TPSA) is 212 Å². The smallest absolute Gasteiger partial charge is 0.165 e. The zero-order chi connectivity index (χ0) is 47.5. The molecule has 358 valence electrons. The summed E-state index contributed by atoms with van der Waals surface area (Å²) in [4.78, 5) is 31.0. The van der Waals surface area contributed by atoms with Crippen LogP contribution >= 0.6 is 21.6 Å². The number of nitrogens with two attached hydrogens (primary N) is 2. The quantitative estimate of drug-likeness (QED) is 0.0307. The van der Waals surface area contributed by atoms with Crippen molar-refractivity contribution in [1.29, 1.82) is 0 Å². The Morgan fingerprint density at radius 3 is 2.54 bits per heavy atom. The van der Waals surface area contributed by atoms with E-state index in [1.54, 1.807) is 64.2 Å². The van der Waals surface area contributed by atoms with Crippen molar-refractivity contribution in [2.24, 2.45) is 28.7 Å². The molecule has 0 saturated heterocycles. The molecular formula is C54H67N3O8S2. The number of allylic oxidation sites excluding steroid dienone is 2. The molecule has 6 atom stereocenters. The molecule has 0 spiro atoms. The first-order chi connectivity index (χ1) is 32.3. The van der Waals surface area contributed by atoms with Crippen LogP contribution in [0.15, 0.2) is 72.9 Å². The fourth-order valence-corrected chi connectivity index (χ4v) is 12.7. The van der Waals surface area contributed by atoms with Crippen LogP contribution in [0.25, 0.3) is 0 Å². The lowest BCUT2D eigenvalue weighted by molar-refractivity contribution is -0.114. The number of fused-ring (bicyclic) bond motifs is 9. The van der Waals surface area contributed by atoms with Gasteiger partial charge in [0.15, 0.2) is 23.1 Å². The Hall–Kier alpha value is -4.52. The minimum Gasteiger partial charge on any atom is -0.508 e. The fraction of sp³-hybridized carbons (Fsp3) is 0.481. The van der Waals surface area contributed by atoms with Gasteiger partial charge in [-0.2, -0.15) is 0 Å². The van der Waals surface area contributed by atoms with E-state index < -0.39 is 29.7 Å². The van der Waals surface area contributed by atoms with Crippen LogP contribution in [0.3, 0.4) is 0 Å². The molecule has 2 aliphatic carbocycles. The summed E-state index contributed by atoms with van der Waals surface area (Å²) in [5.41, 5.74) is 19.2. The number of benzene rings is 3. The van der Waals surface area contributed by atoms with Crippen molar-refractivity contribution >= 4 is 33.2 Å². The largest absolute Gasteiger partial charge is 0.508 e. The Labute approximate surface area is 403 Å². The van der Waals surface area contributed by atoms with Crippen molar-refractivity contribution in [3.8, 4) is 29.1 Å². The van der Waals surface area contributed by atoms with E-state index in [4.69, 9.17) is 16.2 Å². The van der Waals surface area contributed by atoms with Crippen LogP contribution < -0.4 is 16.2 Å². The van der Waals surface area contributed by atoms with Crippen molar-refractivity contribution in [2.75, 3.05) is 19.0 Å². The summed E-state index contributed by atoms with van der Waals surface area (Å²) in [7, 11) is 3.32. The highest BCUT2D eigenvalue weighted by Crippen LogP contribution is 2.50. The van der Waals surface area contributed by atoms with Gasteiger partial charge >= 0.3 is 0 Å². The summed E-state index contributed by atoms with van der Waals surface area (Å²) in [5.74, 6) is 7.66. The van der Waals surface area contributed by atoms with Crippen molar-refractivity contribution < 1.29 is 39.9 Å². The minimum absolute atomic E-state index is 0.0138. The van der Waals surface area contributed by atoms with Gasteiger partial charge in [-0.05, 0) is 120 Å². The summed E-state index contributed by atoms with van der Waals surface area (Å²) in [5, 5.41) is 54.2. The van der Waals surface area contributed by atoms with Crippen LogP contribution in [0, 0.1) is 29.1 Å². The number of aliphatic hydroxyl groups is 3. The normalized spacial score (nSPS) is 22.4. The van der Waals surface area contributed by atoms with Crippen LogP contribution in [0.5, 0.6) is 17.2 Å². The van der Waals surface area contributed by atoms with Crippen LogP contribution in [0.4, 0.5) is 0 Å². The number of unbranched alkanes of at least 4 members (excludes halogenated alkanes) is 2. The van der Waals surface area contributed by atoms with E-state index in [0.29, 0.717) is 72.5 Å². The number of rotatable bonds is 11. The van der Waals surface area contributed by atoms with Gasteiger partial charge in [0, 0.05) is 65.3 Å². The number of carbonyl (C=O) groups excluding carboxylic acids is 2. The van der Waals surface area contributed by atoms with E-state index in [1.807, 2.05) is 30.3 Å². The molecule has 1 aromatic heterocycles. The number of nitrogens with one attached hydrogen (secondary N) is 1. The molecule has 1 fully saturated rings. The highest BCUT2D eigenvalue weighted by Gasteiger charge is 2.43. The number of ether oxygens (including phenoxy) is 1. The molecule has 13 heteroatoms. The van der Waals surface area contributed by atoms with Gasteiger partial charge in [0.1, 0.15) is 5.75 Å². The van der Waals surface area contributed by atoms with E-state index in [-0.39, 0.29) is 61.0 Å². The fourth-order valence-electron chi connectivity index (χ4n) is 10.2. The lowest BCUT2D eigenvalue weighted by Gasteiger charge is -2.29. The lowest BCUT2D eigenvalue weighted by atomic mass is 9.76. The molecule has 2 heterocycles. The second kappa shape index (κ2) is 23.7. The van der Waals surface area contributed by atoms with Crippen molar-refractivity contribution in [3.63, 3.8) is 0 Å². The number of hydrogen-bond acceptors (Lipinski definition) is 12. The predicted molar refractivity (Wildman–Crippen MR) is 267 cm³/mol. The average molecular weight is 950 g/mol. The number of phenolic OH excluding ortho intramolecular Hbond substituents is 2. The molecule has 10 N–H and O–H groups in total. The number of hydrogen-bond donors (Lipinski definition) is 8. The Morgan fingerprint density at radius 2 is 1.75 bits per heavy atom. The van der Waals surface area contributed by atoms with Crippen LogP contribution in [0.2, 0.25) is 0 Å². The highest BCUT2D eigenvalue weighted by molar-refractivity contribution is 8.76. The first-order valence-electron chi connectivity index (χ1n) is 23.9. The number of carbonyl (C=O) groups is 2. The van der Waals surface area contributed by atoms with Crippen molar-refractivity contribution in [3.05, 3.63) is 123 Å². The second-order valence-corrected chi connectivity index (χ2v) is 21.4. The second-order valence-electron chi connectivity index (χ2n) is 18.9. The molecule has 67 heavy (non-hydrogen) atoms. The zero-order valence-electron chi connectivity index (χ0n) is 38.6. The summed E-state index contributed by atoms with van der Waals surface area (Å²) in [6.07, 6.45) is 12.3. The Balaban J connectivity index is 1.23. The van der Waals surface area contributed by atoms with Crippen molar-refractivity contribution in [1.82, 2.24) is 4.98 Å². The third-order valence-corrected chi connectivity index (χ3v) is 16.4. The number of aryl methyl sites for hydroxylation is 1. The van der Waals surface area contributed by atoms with Crippen LogP contribution in [-0.4, -0.2) is 73.3 Å². The molecule has 7 rings (SSSR count). The summed E-state index contributed by atoms with van der Waals surface area (Å²) >= 11 is 0. The van der Waals surface area contributed by atoms with E-state index >= 15 is 0 Å². The summed E-state index contributed by atoms with van der Waals surface area (Å²) in [6.45, 7) is 2.10. The third kappa shape index (κ3) is 13.2. The average Bonchev–Trinajstić information content (AvgIpc) is 3.92. The van der Waals surface area contributed by atoms with Crippen LogP contribution in [0.1, 0.15) is 145 Å². The maximum Gasteiger partial charge on any atom is 0.165 e. The van der Waals surface area contributed by atoms with E-state index in [9.17, 15) is 35.1 Å². The SMILES string of the molecule is CCCCCC(CCC12C=CC(=O)CCc3ccc(O)c(c3)OCCc3ccc(O)c(c3)C3CC(=O)c4cc[nH]c4CC#Cc4cc(C(N)N)c(cc43)CSSCC(C1)C(O)C2)CC(O)CO. The highest BCUT2D eigenvalue weighted by atomic mass is 33.1. The Morgan fingerprint density at radius 1 is 0.940 bits per heavy atom. The minimum atomic E-state index is -0.804. The van der Waals surface area contributed by atoms with Crippen molar-refractivity contribution in [2.45, 2.75) is 127 Å². The maximum absolute atomic E-state index is 14.2. The number of phenols is 2. The molecule has 3 aliphatic rings.